The number of rotatable bonds is 6. The molecule has 0 unspecified atom stereocenters. The molecule has 190 valence electrons. The van der Waals surface area contributed by atoms with Crippen molar-refractivity contribution in [3.8, 4) is 5.75 Å². The van der Waals surface area contributed by atoms with Gasteiger partial charge >= 0.3 is 6.18 Å². The smallest absolute Gasteiger partial charge is 0.376 e. The summed E-state index contributed by atoms with van der Waals surface area (Å²) in [4.78, 5) is 35.3. The molecule has 1 aromatic carbocycles. The fourth-order valence-corrected chi connectivity index (χ4v) is 4.29. The summed E-state index contributed by atoms with van der Waals surface area (Å²) in [6.07, 6.45) is -0.975. The molecule has 1 amide bonds. The second-order valence-corrected chi connectivity index (χ2v) is 10.4. The quantitative estimate of drug-likeness (QED) is 0.398. The van der Waals surface area contributed by atoms with E-state index in [2.05, 4.69) is 10.1 Å². The number of amides is 1. The summed E-state index contributed by atoms with van der Waals surface area (Å²) in [5.41, 5.74) is -1.65. The van der Waals surface area contributed by atoms with Crippen LogP contribution in [0.5, 0.6) is 5.75 Å². The van der Waals surface area contributed by atoms with Crippen molar-refractivity contribution in [3.63, 3.8) is 0 Å². The third kappa shape index (κ3) is 6.88. The zero-order valence-corrected chi connectivity index (χ0v) is 21.0. The number of hydrogen-bond donors (Lipinski definition) is 0. The molecule has 1 saturated heterocycles. The Labute approximate surface area is 205 Å². The summed E-state index contributed by atoms with van der Waals surface area (Å²) in [5.74, 6) is -1.52. The van der Waals surface area contributed by atoms with Crippen molar-refractivity contribution >= 4 is 28.7 Å². The van der Waals surface area contributed by atoms with Crippen molar-refractivity contribution < 1.29 is 32.3 Å². The zero-order chi connectivity index (χ0) is 26.0. The molecule has 1 aliphatic heterocycles. The van der Waals surface area contributed by atoms with E-state index in [9.17, 15) is 22.8 Å². The van der Waals surface area contributed by atoms with Gasteiger partial charge in [-0.1, -0.05) is 25.9 Å². The maximum absolute atomic E-state index is 13.4. The van der Waals surface area contributed by atoms with Crippen LogP contribution in [0.3, 0.4) is 0 Å². The van der Waals surface area contributed by atoms with Gasteiger partial charge in [-0.2, -0.15) is 18.2 Å². The lowest BCUT2D eigenvalue weighted by Gasteiger charge is -2.15. The van der Waals surface area contributed by atoms with Crippen molar-refractivity contribution in [2.24, 2.45) is 10.1 Å². The molecule has 7 nitrogen and oxygen atoms in total. The molecule has 0 N–H and O–H groups in total. The molecule has 0 aliphatic carbocycles. The lowest BCUT2D eigenvalue weighted by Crippen LogP contribution is -2.23. The highest BCUT2D eigenvalue weighted by atomic mass is 32.1. The normalized spacial score (nSPS) is 17.7. The van der Waals surface area contributed by atoms with E-state index in [1.54, 1.807) is 0 Å². The molecule has 1 atom stereocenters. The van der Waals surface area contributed by atoms with E-state index in [1.165, 1.54) is 25.2 Å². The largest absolute Gasteiger partial charge is 0.416 e. The van der Waals surface area contributed by atoms with Crippen molar-refractivity contribution in [1.82, 2.24) is 4.57 Å². The number of ketones is 1. The average Bonchev–Trinajstić information content (AvgIpc) is 3.41. The fourth-order valence-electron chi connectivity index (χ4n) is 3.23. The molecule has 0 radical (unpaired) electrons. The van der Waals surface area contributed by atoms with E-state index in [4.69, 9.17) is 9.57 Å². The number of carbonyl (C=O) groups excluding carboxylic acids is 2. The molecule has 0 spiro atoms. The Balaban J connectivity index is 2.08. The van der Waals surface area contributed by atoms with Crippen molar-refractivity contribution in [3.05, 3.63) is 45.2 Å². The third-order valence-corrected chi connectivity index (χ3v) is 6.85. The highest BCUT2D eigenvalue weighted by molar-refractivity contribution is 7.09. The minimum Gasteiger partial charge on any atom is -0.376 e. The van der Waals surface area contributed by atoms with Gasteiger partial charge in [-0.3, -0.25) is 9.59 Å². The second kappa shape index (κ2) is 10.4. The Bertz CT molecular complexity index is 1200. The summed E-state index contributed by atoms with van der Waals surface area (Å²) in [6.45, 7) is 9.88. The van der Waals surface area contributed by atoms with Crippen molar-refractivity contribution in [2.45, 2.75) is 71.7 Å². The number of thiazole rings is 1. The standard InChI is InChI=1S/C24H28F3N3O4S/c1-14(15(2)31)29-34-19-9-8-16(24(25,26)27)11-18(19)21(32)28-22-30(12-17-7-6-10-33-17)13-20(35-22)23(3,4)5/h8-9,11,13,17H,6-7,10,12H2,1-5H3/b28-22?,29-14+/t17-/m1/s1. The summed E-state index contributed by atoms with van der Waals surface area (Å²) in [6, 6.07) is 2.46. The molecule has 2 heterocycles. The number of nitrogens with zero attached hydrogens (tertiary/aromatic N) is 3. The van der Waals surface area contributed by atoms with Gasteiger partial charge in [-0.15, -0.1) is 11.3 Å². The number of Topliss-reactive ketones (excluding diaryl/α,β-unsaturated/α-hetero) is 1. The van der Waals surface area contributed by atoms with Crippen molar-refractivity contribution in [2.75, 3.05) is 6.61 Å². The van der Waals surface area contributed by atoms with Crippen LogP contribution in [0.4, 0.5) is 13.2 Å². The van der Waals surface area contributed by atoms with E-state index in [-0.39, 0.29) is 28.8 Å². The van der Waals surface area contributed by atoms with Gasteiger partial charge in [0.2, 0.25) is 0 Å². The first kappa shape index (κ1) is 26.8. The number of benzene rings is 1. The minimum absolute atomic E-state index is 0.00252. The Morgan fingerprint density at radius 3 is 2.51 bits per heavy atom. The van der Waals surface area contributed by atoms with Crippen LogP contribution in [0.1, 0.15) is 68.3 Å². The van der Waals surface area contributed by atoms with Gasteiger partial charge in [0.15, 0.2) is 16.3 Å². The second-order valence-electron chi connectivity index (χ2n) is 9.37. The Morgan fingerprint density at radius 2 is 1.94 bits per heavy atom. The van der Waals surface area contributed by atoms with Crippen LogP contribution in [0, 0.1) is 0 Å². The highest BCUT2D eigenvalue weighted by Gasteiger charge is 2.32. The molecule has 35 heavy (non-hydrogen) atoms. The first-order valence-corrected chi connectivity index (χ1v) is 11.9. The summed E-state index contributed by atoms with van der Waals surface area (Å²) in [7, 11) is 0. The monoisotopic (exact) mass is 511 g/mol. The Morgan fingerprint density at radius 1 is 1.23 bits per heavy atom. The Kier molecular flexibility index (Phi) is 8.00. The molecule has 1 fully saturated rings. The molecular weight excluding hydrogens is 483 g/mol. The van der Waals surface area contributed by atoms with Gasteiger partial charge in [0.1, 0.15) is 5.71 Å². The average molecular weight is 512 g/mol. The molecule has 1 aromatic heterocycles. The zero-order valence-electron chi connectivity index (χ0n) is 20.2. The van der Waals surface area contributed by atoms with Gasteiger partial charge in [-0.05, 0) is 43.4 Å². The number of ether oxygens (including phenoxy) is 1. The molecule has 0 bridgehead atoms. The van der Waals surface area contributed by atoms with Gasteiger partial charge < -0.3 is 14.1 Å². The van der Waals surface area contributed by atoms with E-state index >= 15 is 0 Å². The van der Waals surface area contributed by atoms with Gasteiger partial charge in [-0.25, -0.2) is 0 Å². The SMILES string of the molecule is CC(=O)/C(C)=N/Oc1ccc(C(F)(F)F)cc1C(=O)N=c1sc(C(C)(C)C)cn1C[C@H]1CCCO1. The fraction of sp³-hybridized carbons (Fsp3) is 0.500. The predicted octanol–water partition coefficient (Wildman–Crippen LogP) is 5.13. The van der Waals surface area contributed by atoms with Crippen LogP contribution >= 0.6 is 11.3 Å². The number of carbonyl (C=O) groups is 2. The highest BCUT2D eigenvalue weighted by Crippen LogP contribution is 2.33. The minimum atomic E-state index is -4.67. The predicted molar refractivity (Wildman–Crippen MR) is 126 cm³/mol. The summed E-state index contributed by atoms with van der Waals surface area (Å²) < 4.78 is 47.6. The van der Waals surface area contributed by atoms with Gasteiger partial charge in [0.25, 0.3) is 5.91 Å². The topological polar surface area (TPSA) is 82.3 Å². The maximum atomic E-state index is 13.4. The first-order chi connectivity index (χ1) is 16.3. The van der Waals surface area contributed by atoms with Crippen LogP contribution in [-0.2, 0) is 27.7 Å². The van der Waals surface area contributed by atoms with Gasteiger partial charge in [0, 0.05) is 24.6 Å². The number of alkyl halides is 3. The van der Waals surface area contributed by atoms with Crippen molar-refractivity contribution in [1.29, 1.82) is 0 Å². The molecule has 0 saturated carbocycles. The van der Waals surface area contributed by atoms with E-state index in [0.29, 0.717) is 24.0 Å². The molecule has 1 aliphatic rings. The first-order valence-electron chi connectivity index (χ1n) is 11.1. The maximum Gasteiger partial charge on any atom is 0.416 e. The molecular formula is C24H28F3N3O4S. The number of aromatic nitrogens is 1. The lowest BCUT2D eigenvalue weighted by atomic mass is 9.95. The van der Waals surface area contributed by atoms with Crippen LogP contribution in [0.15, 0.2) is 34.5 Å². The lowest BCUT2D eigenvalue weighted by molar-refractivity contribution is -0.137. The van der Waals surface area contributed by atoms with E-state index in [0.717, 1.165) is 29.9 Å². The summed E-state index contributed by atoms with van der Waals surface area (Å²) in [5, 5.41) is 3.63. The Hall–Kier alpha value is -2.79. The van der Waals surface area contributed by atoms with E-state index in [1.807, 2.05) is 31.5 Å². The van der Waals surface area contributed by atoms with Crippen LogP contribution < -0.4 is 9.64 Å². The summed E-state index contributed by atoms with van der Waals surface area (Å²) >= 11 is 1.30. The van der Waals surface area contributed by atoms with E-state index < -0.39 is 23.2 Å². The molecule has 2 aromatic rings. The number of halogens is 3. The van der Waals surface area contributed by atoms with Gasteiger partial charge in [0.05, 0.1) is 23.8 Å². The third-order valence-electron chi connectivity index (χ3n) is 5.41. The molecule has 3 rings (SSSR count). The van der Waals surface area contributed by atoms with Crippen LogP contribution in [0.2, 0.25) is 0 Å². The van der Waals surface area contributed by atoms with Crippen LogP contribution in [-0.4, -0.2) is 34.7 Å². The number of hydrogen-bond acceptors (Lipinski definition) is 6. The number of oxime groups is 1. The van der Waals surface area contributed by atoms with Crippen LogP contribution in [0.25, 0.3) is 0 Å². The molecule has 11 heteroatoms.